The second kappa shape index (κ2) is 4.71. The molecule has 3 rings (SSSR count). The van der Waals surface area contributed by atoms with E-state index >= 15 is 0 Å². The molecule has 1 nitrogen and oxygen atoms in total. The number of nitrogens with zero attached hydrogens (tertiary/aromatic N) is 1. The van der Waals surface area contributed by atoms with E-state index in [1.165, 1.54) is 6.07 Å². The number of pyridine rings is 1. The number of aromatic nitrogens is 1. The van der Waals surface area contributed by atoms with E-state index in [1.807, 2.05) is 0 Å². The monoisotopic (exact) mass is 281 g/mol. The highest BCUT2D eigenvalue weighted by molar-refractivity contribution is 6.36. The lowest BCUT2D eigenvalue weighted by Crippen LogP contribution is -2.02. The van der Waals surface area contributed by atoms with Gasteiger partial charge in [0.1, 0.15) is 17.2 Å². The standard InChI is InChI=1S/C15H14ClF2N/c1-8-7-10(17)15-12(14(8)18)13(16)9-5-3-2-4-6-11(9)19-15/h7H,2-6H2,1H3. The van der Waals surface area contributed by atoms with E-state index in [2.05, 4.69) is 4.98 Å². The molecule has 1 aromatic carbocycles. The van der Waals surface area contributed by atoms with E-state index < -0.39 is 11.6 Å². The van der Waals surface area contributed by atoms with Gasteiger partial charge in [0, 0.05) is 5.69 Å². The van der Waals surface area contributed by atoms with E-state index in [9.17, 15) is 8.78 Å². The Morgan fingerprint density at radius 1 is 1.16 bits per heavy atom. The normalized spacial score (nSPS) is 15.4. The van der Waals surface area contributed by atoms with E-state index in [1.54, 1.807) is 6.92 Å². The molecular weight excluding hydrogens is 268 g/mol. The van der Waals surface area contributed by atoms with Crippen LogP contribution in [0.3, 0.4) is 0 Å². The van der Waals surface area contributed by atoms with Gasteiger partial charge in [0.15, 0.2) is 0 Å². The van der Waals surface area contributed by atoms with Crippen molar-refractivity contribution in [2.24, 2.45) is 0 Å². The molecule has 4 heteroatoms. The lowest BCUT2D eigenvalue weighted by Gasteiger charge is -2.13. The number of halogens is 3. The summed E-state index contributed by atoms with van der Waals surface area (Å²) in [5, 5.41) is 0.488. The van der Waals surface area contributed by atoms with Crippen molar-refractivity contribution in [1.29, 1.82) is 0 Å². The summed E-state index contributed by atoms with van der Waals surface area (Å²) in [6.45, 7) is 1.54. The van der Waals surface area contributed by atoms with Gasteiger partial charge in [-0.3, -0.25) is 0 Å². The van der Waals surface area contributed by atoms with Crippen LogP contribution in [0.1, 0.15) is 36.1 Å². The van der Waals surface area contributed by atoms with Crippen molar-refractivity contribution < 1.29 is 8.78 Å². The van der Waals surface area contributed by atoms with Crippen molar-refractivity contribution in [2.75, 3.05) is 0 Å². The maximum absolute atomic E-state index is 14.2. The SMILES string of the molecule is Cc1cc(F)c2nc3c(c(Cl)c2c1F)CCCCC3. The second-order valence-corrected chi connectivity index (χ2v) is 5.50. The molecule has 1 aromatic heterocycles. The van der Waals surface area contributed by atoms with Crippen LogP contribution in [0.4, 0.5) is 8.78 Å². The molecule has 0 saturated carbocycles. The molecule has 1 aliphatic carbocycles. The van der Waals surface area contributed by atoms with Crippen molar-refractivity contribution in [3.63, 3.8) is 0 Å². The zero-order valence-electron chi connectivity index (χ0n) is 10.7. The highest BCUT2D eigenvalue weighted by atomic mass is 35.5. The Kier molecular flexibility index (Phi) is 3.17. The Balaban J connectivity index is 2.41. The third-order valence-corrected chi connectivity index (χ3v) is 4.21. The van der Waals surface area contributed by atoms with Crippen LogP contribution in [-0.2, 0) is 12.8 Å². The zero-order valence-corrected chi connectivity index (χ0v) is 11.4. The summed E-state index contributed by atoms with van der Waals surface area (Å²) in [6.07, 6.45) is 4.74. The van der Waals surface area contributed by atoms with Crippen molar-refractivity contribution in [2.45, 2.75) is 39.0 Å². The third-order valence-electron chi connectivity index (χ3n) is 3.79. The highest BCUT2D eigenvalue weighted by Crippen LogP contribution is 2.35. The van der Waals surface area contributed by atoms with Crippen molar-refractivity contribution in [3.05, 3.63) is 39.5 Å². The molecular formula is C15H14ClF2N. The summed E-state index contributed by atoms with van der Waals surface area (Å²) < 4.78 is 28.2. The maximum atomic E-state index is 14.2. The molecule has 100 valence electrons. The van der Waals surface area contributed by atoms with Crippen molar-refractivity contribution >= 4 is 22.5 Å². The number of benzene rings is 1. The first kappa shape index (κ1) is 12.8. The number of aryl methyl sites for hydroxylation is 2. The molecule has 0 bridgehead atoms. The van der Waals surface area contributed by atoms with Gasteiger partial charge < -0.3 is 0 Å². The molecule has 19 heavy (non-hydrogen) atoms. The zero-order chi connectivity index (χ0) is 13.6. The van der Waals surface area contributed by atoms with E-state index in [-0.39, 0.29) is 16.5 Å². The minimum atomic E-state index is -0.497. The molecule has 0 amide bonds. The summed E-state index contributed by atoms with van der Waals surface area (Å²) in [7, 11) is 0. The summed E-state index contributed by atoms with van der Waals surface area (Å²) in [4.78, 5) is 4.34. The van der Waals surface area contributed by atoms with Crippen LogP contribution >= 0.6 is 11.6 Å². The molecule has 0 radical (unpaired) electrons. The van der Waals surface area contributed by atoms with Gasteiger partial charge in [0.2, 0.25) is 0 Å². The number of rotatable bonds is 0. The largest absolute Gasteiger partial charge is 0.249 e. The van der Waals surface area contributed by atoms with Gasteiger partial charge >= 0.3 is 0 Å². The first-order valence-corrected chi connectivity index (χ1v) is 6.93. The molecule has 1 heterocycles. The molecule has 0 saturated heterocycles. The van der Waals surface area contributed by atoms with Crippen LogP contribution in [0.2, 0.25) is 5.02 Å². The van der Waals surface area contributed by atoms with Gasteiger partial charge in [-0.1, -0.05) is 18.0 Å². The third kappa shape index (κ3) is 2.00. The van der Waals surface area contributed by atoms with Gasteiger partial charge in [-0.15, -0.1) is 0 Å². The van der Waals surface area contributed by atoms with Gasteiger partial charge in [-0.05, 0) is 49.8 Å². The van der Waals surface area contributed by atoms with Crippen LogP contribution in [0.25, 0.3) is 10.9 Å². The van der Waals surface area contributed by atoms with E-state index in [0.29, 0.717) is 5.02 Å². The summed E-state index contributed by atoms with van der Waals surface area (Å²) in [5.41, 5.74) is 2.06. The van der Waals surface area contributed by atoms with Crippen molar-refractivity contribution in [3.8, 4) is 0 Å². The molecule has 0 unspecified atom stereocenters. The average molecular weight is 282 g/mol. The maximum Gasteiger partial charge on any atom is 0.149 e. The van der Waals surface area contributed by atoms with Gasteiger partial charge in [-0.2, -0.15) is 0 Å². The number of fused-ring (bicyclic) bond motifs is 2. The Hall–Kier alpha value is -1.22. The quantitative estimate of drug-likeness (QED) is 0.635. The number of hydrogen-bond acceptors (Lipinski definition) is 1. The Morgan fingerprint density at radius 3 is 2.68 bits per heavy atom. The fraction of sp³-hybridized carbons (Fsp3) is 0.400. The average Bonchev–Trinajstić information content (AvgIpc) is 2.61. The minimum Gasteiger partial charge on any atom is -0.249 e. The molecule has 2 aromatic rings. The Morgan fingerprint density at radius 2 is 1.89 bits per heavy atom. The summed E-state index contributed by atoms with van der Waals surface area (Å²) >= 11 is 6.33. The second-order valence-electron chi connectivity index (χ2n) is 5.12. The van der Waals surface area contributed by atoms with Crippen LogP contribution in [0.5, 0.6) is 0 Å². The fourth-order valence-corrected chi connectivity index (χ4v) is 3.14. The Bertz CT molecular complexity index is 667. The minimum absolute atomic E-state index is 0.0637. The van der Waals surface area contributed by atoms with Crippen LogP contribution in [0, 0.1) is 18.6 Å². The van der Waals surface area contributed by atoms with E-state index in [0.717, 1.165) is 43.4 Å². The van der Waals surface area contributed by atoms with Gasteiger partial charge in [-0.25, -0.2) is 13.8 Å². The topological polar surface area (TPSA) is 12.9 Å². The van der Waals surface area contributed by atoms with Crippen LogP contribution < -0.4 is 0 Å². The van der Waals surface area contributed by atoms with Crippen LogP contribution in [0.15, 0.2) is 6.07 Å². The Labute approximate surface area is 115 Å². The summed E-state index contributed by atoms with van der Waals surface area (Å²) in [6, 6.07) is 1.18. The molecule has 0 fully saturated rings. The fourth-order valence-electron chi connectivity index (χ4n) is 2.76. The highest BCUT2D eigenvalue weighted by Gasteiger charge is 2.21. The summed E-state index contributed by atoms with van der Waals surface area (Å²) in [5.74, 6) is -0.955. The molecule has 1 aliphatic rings. The first-order chi connectivity index (χ1) is 9.09. The van der Waals surface area contributed by atoms with Gasteiger partial charge in [0.25, 0.3) is 0 Å². The first-order valence-electron chi connectivity index (χ1n) is 6.55. The van der Waals surface area contributed by atoms with E-state index in [4.69, 9.17) is 11.6 Å². The lowest BCUT2D eigenvalue weighted by atomic mass is 10.0. The predicted octanol–water partition coefficient (Wildman–Crippen LogP) is 4.74. The predicted molar refractivity (Wildman–Crippen MR) is 72.7 cm³/mol. The lowest BCUT2D eigenvalue weighted by molar-refractivity contribution is 0.607. The van der Waals surface area contributed by atoms with Gasteiger partial charge in [0.05, 0.1) is 10.4 Å². The smallest absolute Gasteiger partial charge is 0.149 e. The number of hydrogen-bond donors (Lipinski definition) is 0. The molecule has 0 atom stereocenters. The van der Waals surface area contributed by atoms with Crippen molar-refractivity contribution in [1.82, 2.24) is 4.98 Å². The van der Waals surface area contributed by atoms with Crippen LogP contribution in [-0.4, -0.2) is 4.98 Å². The molecule has 0 spiro atoms. The molecule has 0 aliphatic heterocycles. The molecule has 0 N–H and O–H groups in total.